The van der Waals surface area contributed by atoms with Gasteiger partial charge in [0, 0.05) is 62.1 Å². The molecule has 40 heavy (non-hydrogen) atoms. The van der Waals surface area contributed by atoms with Gasteiger partial charge in [-0.05, 0) is 50.6 Å². The van der Waals surface area contributed by atoms with Crippen LogP contribution in [0.1, 0.15) is 19.5 Å². The molecule has 11 nitrogen and oxygen atoms in total. The van der Waals surface area contributed by atoms with Crippen molar-refractivity contribution in [3.05, 3.63) is 73.2 Å². The number of aromatic nitrogens is 6. The van der Waals surface area contributed by atoms with E-state index in [2.05, 4.69) is 36.8 Å². The number of nitrogens with one attached hydrogen (secondary N) is 1. The zero-order valence-electron chi connectivity index (χ0n) is 22.7. The fourth-order valence-electron chi connectivity index (χ4n) is 4.64. The molecule has 1 aromatic carbocycles. The van der Waals surface area contributed by atoms with E-state index in [4.69, 9.17) is 9.72 Å². The largest absolute Gasteiger partial charge is 0.421 e. The molecular formula is C28H30FN9O2. The van der Waals surface area contributed by atoms with Crippen molar-refractivity contribution >= 4 is 23.4 Å². The summed E-state index contributed by atoms with van der Waals surface area (Å²) in [6.07, 6.45) is 8.04. The fourth-order valence-corrected chi connectivity index (χ4v) is 4.64. The van der Waals surface area contributed by atoms with Gasteiger partial charge in [0.1, 0.15) is 5.82 Å². The van der Waals surface area contributed by atoms with Crippen molar-refractivity contribution in [3.8, 4) is 22.9 Å². The van der Waals surface area contributed by atoms with Gasteiger partial charge in [0.05, 0.1) is 11.9 Å². The molecule has 4 aromatic rings. The van der Waals surface area contributed by atoms with Gasteiger partial charge in [0.2, 0.25) is 11.9 Å². The van der Waals surface area contributed by atoms with Gasteiger partial charge in [-0.2, -0.15) is 10.1 Å². The normalized spacial score (nSPS) is 17.0. The summed E-state index contributed by atoms with van der Waals surface area (Å²) in [5.41, 5.74) is 2.65. The van der Waals surface area contributed by atoms with Crippen LogP contribution < -0.4 is 15.0 Å². The van der Waals surface area contributed by atoms with E-state index in [9.17, 15) is 4.79 Å². The molecule has 3 aromatic heterocycles. The molecule has 0 spiro atoms. The highest BCUT2D eigenvalue weighted by Crippen LogP contribution is 2.35. The van der Waals surface area contributed by atoms with E-state index in [1.165, 1.54) is 18.2 Å². The van der Waals surface area contributed by atoms with Crippen molar-refractivity contribution in [1.82, 2.24) is 34.6 Å². The zero-order valence-corrected chi connectivity index (χ0v) is 22.7. The number of nitrogens with zero attached hydrogens (tertiary/aromatic N) is 8. The summed E-state index contributed by atoms with van der Waals surface area (Å²) in [6.45, 7) is 10.4. The average molecular weight is 544 g/mol. The molecule has 1 N–H and O–H groups in total. The maximum Gasteiger partial charge on any atom is 0.322 e. The first-order valence-corrected chi connectivity index (χ1v) is 12.8. The number of rotatable bonds is 7. The summed E-state index contributed by atoms with van der Waals surface area (Å²) < 4.78 is 22.5. The fraction of sp³-hybridized carbons (Fsp3) is 0.286. The number of carbonyl (C=O) groups is 1. The van der Waals surface area contributed by atoms with Gasteiger partial charge in [-0.25, -0.2) is 19.3 Å². The summed E-state index contributed by atoms with van der Waals surface area (Å²) in [7, 11) is 1.82. The second-order valence-electron chi connectivity index (χ2n) is 9.73. The molecule has 0 radical (unpaired) electrons. The minimum Gasteiger partial charge on any atom is -0.421 e. The molecule has 206 valence electrons. The molecule has 2 atom stereocenters. The van der Waals surface area contributed by atoms with Crippen LogP contribution in [0.5, 0.6) is 11.8 Å². The Morgan fingerprint density at radius 1 is 1.15 bits per heavy atom. The lowest BCUT2D eigenvalue weighted by Gasteiger charge is -2.44. The van der Waals surface area contributed by atoms with Gasteiger partial charge in [-0.3, -0.25) is 9.48 Å². The third-order valence-corrected chi connectivity index (χ3v) is 6.66. The predicted molar refractivity (Wildman–Crippen MR) is 149 cm³/mol. The van der Waals surface area contributed by atoms with Crippen LogP contribution in [0, 0.1) is 12.7 Å². The number of piperazine rings is 1. The summed E-state index contributed by atoms with van der Waals surface area (Å²) in [5, 5.41) is 7.36. The molecule has 0 aliphatic carbocycles. The van der Waals surface area contributed by atoms with E-state index in [0.717, 1.165) is 5.69 Å². The van der Waals surface area contributed by atoms with Crippen LogP contribution in [0.15, 0.2) is 61.7 Å². The molecule has 0 bridgehead atoms. The molecular weight excluding hydrogens is 513 g/mol. The number of hydrogen-bond acceptors (Lipinski definition) is 9. The molecule has 5 rings (SSSR count). The Kier molecular flexibility index (Phi) is 7.41. The Bertz CT molecular complexity index is 1560. The van der Waals surface area contributed by atoms with Crippen LogP contribution in [0.2, 0.25) is 0 Å². The molecule has 1 aliphatic heterocycles. The third kappa shape index (κ3) is 5.60. The van der Waals surface area contributed by atoms with E-state index in [1.54, 1.807) is 47.2 Å². The highest BCUT2D eigenvalue weighted by atomic mass is 19.1. The van der Waals surface area contributed by atoms with Gasteiger partial charge in [-0.15, -0.1) is 0 Å². The van der Waals surface area contributed by atoms with Crippen LogP contribution in [-0.2, 0) is 11.8 Å². The van der Waals surface area contributed by atoms with E-state index in [1.807, 2.05) is 27.1 Å². The molecule has 1 amide bonds. The van der Waals surface area contributed by atoms with E-state index >= 15 is 4.39 Å². The van der Waals surface area contributed by atoms with Crippen LogP contribution in [-0.4, -0.2) is 65.7 Å². The smallest absolute Gasteiger partial charge is 0.322 e. The van der Waals surface area contributed by atoms with Crippen molar-refractivity contribution in [2.24, 2.45) is 7.05 Å². The van der Waals surface area contributed by atoms with Gasteiger partial charge >= 0.3 is 6.01 Å². The number of hydrogen-bond donors (Lipinski definition) is 1. The maximum atomic E-state index is 15.3. The van der Waals surface area contributed by atoms with E-state index in [-0.39, 0.29) is 29.8 Å². The summed E-state index contributed by atoms with van der Waals surface area (Å²) in [4.78, 5) is 33.9. The van der Waals surface area contributed by atoms with Crippen LogP contribution >= 0.6 is 0 Å². The lowest BCUT2D eigenvalue weighted by molar-refractivity contribution is -0.128. The highest BCUT2D eigenvalue weighted by molar-refractivity contribution is 5.87. The van der Waals surface area contributed by atoms with Gasteiger partial charge in [0.25, 0.3) is 0 Å². The SMILES string of the molecule is C=CC(=O)N1C[C@@H](C)N(c2nc(Nc3cnn(C)c3)ncc2-c2ccc(Oc3nccc(C)n3)c(F)c2)C[C@@H]1C. The van der Waals surface area contributed by atoms with Crippen molar-refractivity contribution in [2.75, 3.05) is 23.3 Å². The third-order valence-electron chi connectivity index (χ3n) is 6.66. The molecule has 1 fully saturated rings. The number of aryl methyl sites for hydroxylation is 2. The number of benzene rings is 1. The Hall–Kier alpha value is -4.87. The maximum absolute atomic E-state index is 15.3. The summed E-state index contributed by atoms with van der Waals surface area (Å²) >= 11 is 0. The Morgan fingerprint density at radius 3 is 2.67 bits per heavy atom. The molecule has 0 unspecified atom stereocenters. The lowest BCUT2D eigenvalue weighted by Crippen LogP contribution is -2.58. The summed E-state index contributed by atoms with van der Waals surface area (Å²) in [6, 6.07) is 6.29. The van der Waals surface area contributed by atoms with Gasteiger partial charge < -0.3 is 19.9 Å². The molecule has 1 aliphatic rings. The standard InChI is InChI=1S/C28H30FN9O2/c1-6-25(39)37-14-19(4)38(15-18(37)3)26-22(13-31-27(35-26)34-21-12-32-36(5)16-21)20-7-8-24(23(29)11-20)40-28-30-10-9-17(2)33-28/h6-13,16,18-19H,1,14-15H2,2-5H3,(H,31,34,35)/t18-,19+/m0/s1. The zero-order chi connectivity index (χ0) is 28.4. The Balaban J connectivity index is 1.51. The van der Waals surface area contributed by atoms with Crippen LogP contribution in [0.3, 0.4) is 0 Å². The minimum atomic E-state index is -0.575. The number of amides is 1. The molecule has 1 saturated heterocycles. The monoisotopic (exact) mass is 543 g/mol. The highest BCUT2D eigenvalue weighted by Gasteiger charge is 2.33. The topological polar surface area (TPSA) is 114 Å². The van der Waals surface area contributed by atoms with Crippen molar-refractivity contribution in [2.45, 2.75) is 32.9 Å². The van der Waals surface area contributed by atoms with Gasteiger partial charge in [0.15, 0.2) is 11.6 Å². The van der Waals surface area contributed by atoms with Gasteiger partial charge in [-0.1, -0.05) is 12.6 Å². The first-order valence-electron chi connectivity index (χ1n) is 12.8. The second kappa shape index (κ2) is 11.1. The Labute approximate surface area is 231 Å². The van der Waals surface area contributed by atoms with E-state index in [0.29, 0.717) is 41.7 Å². The van der Waals surface area contributed by atoms with E-state index < -0.39 is 5.82 Å². The number of halogens is 1. The number of ether oxygens (including phenoxy) is 1. The van der Waals surface area contributed by atoms with Crippen LogP contribution in [0.25, 0.3) is 11.1 Å². The number of anilines is 3. The number of carbonyl (C=O) groups excluding carboxylic acids is 1. The van der Waals surface area contributed by atoms with Crippen molar-refractivity contribution in [1.29, 1.82) is 0 Å². The quantitative estimate of drug-likeness (QED) is 0.342. The first kappa shape index (κ1) is 26.7. The minimum absolute atomic E-state index is 0.00484. The van der Waals surface area contributed by atoms with Crippen molar-refractivity contribution in [3.63, 3.8) is 0 Å². The molecule has 4 heterocycles. The first-order chi connectivity index (χ1) is 19.2. The van der Waals surface area contributed by atoms with Crippen molar-refractivity contribution < 1.29 is 13.9 Å². The summed E-state index contributed by atoms with van der Waals surface area (Å²) in [5.74, 6) is 0.296. The lowest BCUT2D eigenvalue weighted by atomic mass is 10.0. The molecule has 0 saturated carbocycles. The predicted octanol–water partition coefficient (Wildman–Crippen LogP) is 4.26. The average Bonchev–Trinajstić information content (AvgIpc) is 3.34. The molecule has 12 heteroatoms. The second-order valence-corrected chi connectivity index (χ2v) is 9.73. The Morgan fingerprint density at radius 2 is 1.98 bits per heavy atom. The van der Waals surface area contributed by atoms with Crippen LogP contribution in [0.4, 0.5) is 21.8 Å².